The summed E-state index contributed by atoms with van der Waals surface area (Å²) in [6, 6.07) is 137. The zero-order valence-electron chi connectivity index (χ0n) is 94.9. The minimum atomic E-state index is 1.29. The van der Waals surface area contributed by atoms with Crippen LogP contribution in [0, 0.1) is 228 Å². The molecule has 0 heteroatoms. The lowest BCUT2D eigenvalue weighted by molar-refractivity contribution is 1.23. The average molecular weight is 1930 g/mol. The Morgan fingerprint density at radius 3 is 0.476 bits per heavy atom. The summed E-state index contributed by atoms with van der Waals surface area (Å²) in [6.45, 7) is 71.4. The maximum absolute atomic E-state index is 2.29. The summed E-state index contributed by atoms with van der Waals surface area (Å²) >= 11 is 0. The van der Waals surface area contributed by atoms with Gasteiger partial charge in [0.25, 0.3) is 0 Å². The van der Waals surface area contributed by atoms with Gasteiger partial charge in [-0.2, -0.15) is 0 Å². The van der Waals surface area contributed by atoms with Gasteiger partial charge in [-0.1, -0.05) is 404 Å². The van der Waals surface area contributed by atoms with E-state index in [0.29, 0.717) is 0 Å². The molecule has 19 aromatic carbocycles. The van der Waals surface area contributed by atoms with E-state index in [-0.39, 0.29) is 0 Å². The van der Waals surface area contributed by atoms with Gasteiger partial charge in [0, 0.05) is 0 Å². The van der Waals surface area contributed by atoms with Crippen LogP contribution in [0.1, 0.15) is 184 Å². The van der Waals surface area contributed by atoms with Crippen LogP contribution in [0.5, 0.6) is 0 Å². The van der Waals surface area contributed by atoms with E-state index in [1.165, 1.54) is 284 Å². The van der Waals surface area contributed by atoms with Crippen LogP contribution in [-0.2, 0) is 0 Å². The van der Waals surface area contributed by atoms with Crippen molar-refractivity contribution in [2.45, 2.75) is 228 Å². The maximum Gasteiger partial charge on any atom is -0.0154 e. The van der Waals surface area contributed by atoms with Gasteiger partial charge in [0.1, 0.15) is 0 Å². The Balaban J connectivity index is 0.000000168. The van der Waals surface area contributed by atoms with Crippen molar-refractivity contribution in [3.8, 4) is 100 Å². The van der Waals surface area contributed by atoms with Crippen LogP contribution < -0.4 is 0 Å². The SMILES string of the molecule is Cc1cc(-c2ccccc2)cc(C)c1C.Cc1cc(-c2ccccc2)cc(C)c1C.Cc1cc(C)c(C)c(C)c1.Cc1ccc(-c2cc(C)c(C)c(C)c2)c(C)c1.Cc1ccc(-c2ccc(C)c(C)c2)c(C)c1.Cc1ccc(-c2ccc(C)c(C)c2)c(C)c1.Cc1ccc(-c2ccccc2)cc1C.Cc1ccc(-c2ccccc2)cc1C.Cc1ccc(-c2ccccc2C)cc1C.Cc1ccc(-c2ccccc2C)cc1C. The fourth-order valence-electron chi connectivity index (χ4n) is 18.1. The highest BCUT2D eigenvalue weighted by Gasteiger charge is 2.13. The van der Waals surface area contributed by atoms with Crippen LogP contribution in [-0.4, -0.2) is 0 Å². The van der Waals surface area contributed by atoms with Crippen LogP contribution >= 0.6 is 0 Å². The van der Waals surface area contributed by atoms with Gasteiger partial charge in [-0.25, -0.2) is 0 Å². The van der Waals surface area contributed by atoms with Crippen LogP contribution in [0.3, 0.4) is 0 Å². The van der Waals surface area contributed by atoms with Crippen LogP contribution in [0.2, 0.25) is 0 Å². The van der Waals surface area contributed by atoms with Crippen molar-refractivity contribution in [1.29, 1.82) is 0 Å². The molecule has 750 valence electrons. The Hall–Kier alpha value is -14.8. The minimum absolute atomic E-state index is 1.29. The highest BCUT2D eigenvalue weighted by molar-refractivity contribution is 5.76. The first-order valence-corrected chi connectivity index (χ1v) is 52.3. The molecule has 0 amide bonds. The van der Waals surface area contributed by atoms with Gasteiger partial charge in [-0.05, 0) is 490 Å². The minimum Gasteiger partial charge on any atom is -0.0622 e. The summed E-state index contributed by atoms with van der Waals surface area (Å²) in [4.78, 5) is 0. The number of rotatable bonds is 9. The molecule has 19 rings (SSSR count). The quantitative estimate of drug-likeness (QED) is 0.135. The molecule has 0 spiro atoms. The summed E-state index contributed by atoms with van der Waals surface area (Å²) in [7, 11) is 0. The van der Waals surface area contributed by atoms with E-state index in [2.05, 4.69) is 599 Å². The van der Waals surface area contributed by atoms with E-state index < -0.39 is 0 Å². The molecule has 19 aromatic rings. The fraction of sp³-hybridized carbons (Fsp3) is 0.224. The van der Waals surface area contributed by atoms with Crippen molar-refractivity contribution in [1.82, 2.24) is 0 Å². The van der Waals surface area contributed by atoms with Crippen molar-refractivity contribution >= 4 is 0 Å². The molecule has 0 aromatic heterocycles. The molecule has 0 N–H and O–H groups in total. The Bertz CT molecular complexity index is 7130. The molecule has 0 unspecified atom stereocenters. The maximum atomic E-state index is 2.29. The lowest BCUT2D eigenvalue weighted by Crippen LogP contribution is -1.90. The third-order valence-electron chi connectivity index (χ3n) is 29.3. The fourth-order valence-corrected chi connectivity index (χ4v) is 18.1. The number of benzene rings is 19. The van der Waals surface area contributed by atoms with E-state index in [4.69, 9.17) is 0 Å². The largest absolute Gasteiger partial charge is 0.0622 e. The zero-order valence-corrected chi connectivity index (χ0v) is 94.9. The lowest BCUT2D eigenvalue weighted by atomic mass is 9.93. The number of hydrogen-bond donors (Lipinski definition) is 0. The predicted octanol–water partition coefficient (Wildman–Crippen LogP) is 42.0. The molecule has 0 atom stereocenters. The second-order valence-corrected chi connectivity index (χ2v) is 41.1. The third-order valence-corrected chi connectivity index (χ3v) is 29.3. The van der Waals surface area contributed by atoms with Crippen molar-refractivity contribution in [3.05, 3.63) is 566 Å². The second-order valence-electron chi connectivity index (χ2n) is 41.1. The van der Waals surface area contributed by atoms with E-state index in [1.54, 1.807) is 0 Å². The smallest absolute Gasteiger partial charge is 0.0154 e. The topological polar surface area (TPSA) is 0 Å². The lowest BCUT2D eigenvalue weighted by Gasteiger charge is -2.12. The van der Waals surface area contributed by atoms with E-state index >= 15 is 0 Å². The monoisotopic (exact) mass is 1930 g/mol. The molecule has 0 aliphatic rings. The predicted molar refractivity (Wildman–Crippen MR) is 650 cm³/mol. The van der Waals surface area contributed by atoms with Gasteiger partial charge in [-0.15, -0.1) is 0 Å². The summed E-state index contributed by atoms with van der Waals surface area (Å²) < 4.78 is 0. The molecule has 0 nitrogen and oxygen atoms in total. The molecule has 0 saturated carbocycles. The van der Waals surface area contributed by atoms with Gasteiger partial charge < -0.3 is 0 Å². The van der Waals surface area contributed by atoms with Gasteiger partial charge in [-0.3, -0.25) is 0 Å². The van der Waals surface area contributed by atoms with Crippen LogP contribution in [0.15, 0.2) is 382 Å². The Morgan fingerprint density at radius 2 is 0.252 bits per heavy atom. The number of aryl methyl sites for hydroxylation is 29. The van der Waals surface area contributed by atoms with Gasteiger partial charge in [0.15, 0.2) is 0 Å². The summed E-state index contributed by atoms with van der Waals surface area (Å²) in [6.07, 6.45) is 0. The summed E-state index contributed by atoms with van der Waals surface area (Å²) in [5, 5.41) is 0. The zero-order chi connectivity index (χ0) is 107. The molecule has 0 fully saturated rings. The molecule has 0 radical (unpaired) electrons. The number of hydrogen-bond acceptors (Lipinski definition) is 0. The summed E-state index contributed by atoms with van der Waals surface area (Å²) in [5.74, 6) is 0. The molecule has 0 bridgehead atoms. The van der Waals surface area contributed by atoms with E-state index in [9.17, 15) is 0 Å². The van der Waals surface area contributed by atoms with Crippen LogP contribution in [0.4, 0.5) is 0 Å². The molecule has 0 heterocycles. The van der Waals surface area contributed by atoms with Crippen LogP contribution in [0.25, 0.3) is 100 Å². The first-order valence-electron chi connectivity index (χ1n) is 52.3. The Kier molecular flexibility index (Phi) is 42.6. The van der Waals surface area contributed by atoms with E-state index in [0.717, 1.165) is 0 Å². The van der Waals surface area contributed by atoms with Crippen molar-refractivity contribution < 1.29 is 0 Å². The summed E-state index contributed by atoms with van der Waals surface area (Å²) in [5.41, 5.74) is 68.7. The molecular weight excluding hydrogens is 1770 g/mol. The first-order chi connectivity index (χ1) is 70.0. The molecule has 147 heavy (non-hydrogen) atoms. The Labute approximate surface area is 888 Å². The van der Waals surface area contributed by atoms with Gasteiger partial charge >= 0.3 is 0 Å². The second kappa shape index (κ2) is 54.9. The normalized spacial score (nSPS) is 10.3. The van der Waals surface area contributed by atoms with Crippen molar-refractivity contribution in [2.75, 3.05) is 0 Å². The molecule has 0 aliphatic heterocycles. The standard InChI is InChI=1S/C17H20.2C16H18.4C15H16.2C14H14.C10H14/c1-11-6-7-17(14(4)8-11)16-9-12(2)15(5)13(3)10-16;2*1-11-5-8-16(14(4)9-11)15-7-6-12(2)13(3)10-15;2*1-11-8-9-14(10-13(11)3)15-7-5-4-6-12(15)2;2*1-11-9-15(10-12(2)13(11)3)14-7-5-4-6-8-14;2*1-11-8-9-14(10-12(11)2)13-6-4-3-5-7-13;1-7-5-8(2)10(4)9(3)6-7/h6-10H,1-5H3;2*5-10H,1-4H3;4*4-10H,1-3H3;2*3-10H,1-2H3;5-6H,1-4H3. The highest BCUT2D eigenvalue weighted by Crippen LogP contribution is 2.35. The third kappa shape index (κ3) is 33.4. The van der Waals surface area contributed by atoms with Gasteiger partial charge in [0.2, 0.25) is 0 Å². The van der Waals surface area contributed by atoms with Crippen molar-refractivity contribution in [2.24, 2.45) is 0 Å². The molecule has 0 aliphatic carbocycles. The molecular formula is C147H162. The average Bonchev–Trinajstić information content (AvgIpc) is 0.803. The first kappa shape index (κ1) is 114. The van der Waals surface area contributed by atoms with Gasteiger partial charge in [0.05, 0.1) is 0 Å². The molecule has 0 saturated heterocycles. The van der Waals surface area contributed by atoms with E-state index in [1.807, 2.05) is 12.1 Å². The Morgan fingerprint density at radius 1 is 0.0816 bits per heavy atom. The van der Waals surface area contributed by atoms with Crippen molar-refractivity contribution in [3.63, 3.8) is 0 Å². The highest BCUT2D eigenvalue weighted by atomic mass is 14.2.